The lowest BCUT2D eigenvalue weighted by Crippen LogP contribution is -2.36. The van der Waals surface area contributed by atoms with Gasteiger partial charge in [-0.15, -0.1) is 0 Å². The molecular weight excluding hydrogens is 340 g/mol. The van der Waals surface area contributed by atoms with E-state index in [-0.39, 0.29) is 5.91 Å². The van der Waals surface area contributed by atoms with Gasteiger partial charge in [-0.2, -0.15) is 0 Å². The van der Waals surface area contributed by atoms with Gasteiger partial charge in [0.15, 0.2) is 0 Å². The molecule has 1 amide bonds. The van der Waals surface area contributed by atoms with Crippen molar-refractivity contribution in [2.45, 2.75) is 12.8 Å². The maximum atomic E-state index is 12.7. The Morgan fingerprint density at radius 1 is 1.07 bits per heavy atom. The lowest BCUT2D eigenvalue weighted by Gasteiger charge is -2.29. The normalized spacial score (nSPS) is 19.6. The monoisotopic (exact) mass is 366 g/mol. The highest BCUT2D eigenvalue weighted by Gasteiger charge is 2.19. The molecule has 4 rings (SSSR count). The Labute approximate surface area is 160 Å². The summed E-state index contributed by atoms with van der Waals surface area (Å²) in [6.45, 7) is 4.57. The molecule has 2 aromatic carbocycles. The van der Waals surface area contributed by atoms with Crippen molar-refractivity contribution >= 4 is 11.6 Å². The van der Waals surface area contributed by atoms with Crippen molar-refractivity contribution < 1.29 is 14.3 Å². The van der Waals surface area contributed by atoms with E-state index in [2.05, 4.69) is 22.3 Å². The van der Waals surface area contributed by atoms with E-state index in [1.807, 2.05) is 36.4 Å². The smallest absolute Gasteiger partial charge is 0.251 e. The van der Waals surface area contributed by atoms with E-state index < -0.39 is 0 Å². The number of hydrogen-bond acceptors (Lipinski definition) is 4. The number of fused-ring (bicyclic) bond motifs is 1. The molecule has 1 unspecified atom stereocenters. The minimum atomic E-state index is -0.0106. The number of nitrogens with zero attached hydrogens (tertiary/aromatic N) is 1. The van der Waals surface area contributed by atoms with Crippen LogP contribution in [0.25, 0.3) is 0 Å². The highest BCUT2D eigenvalue weighted by atomic mass is 16.5. The van der Waals surface area contributed by atoms with E-state index in [1.54, 1.807) is 0 Å². The summed E-state index contributed by atoms with van der Waals surface area (Å²) in [7, 11) is 0. The molecule has 142 valence electrons. The van der Waals surface area contributed by atoms with Crippen LogP contribution in [-0.4, -0.2) is 45.4 Å². The number of amides is 1. The molecule has 1 N–H and O–H groups in total. The van der Waals surface area contributed by atoms with Crippen LogP contribution in [-0.2, 0) is 11.2 Å². The number of para-hydroxylation sites is 1. The van der Waals surface area contributed by atoms with Crippen molar-refractivity contribution in [1.29, 1.82) is 0 Å². The van der Waals surface area contributed by atoms with Gasteiger partial charge >= 0.3 is 0 Å². The second-order valence-electron chi connectivity index (χ2n) is 7.17. The van der Waals surface area contributed by atoms with Crippen LogP contribution < -0.4 is 15.0 Å². The summed E-state index contributed by atoms with van der Waals surface area (Å²) < 4.78 is 11.2. The third-order valence-electron chi connectivity index (χ3n) is 5.30. The van der Waals surface area contributed by atoms with Gasteiger partial charge in [-0.25, -0.2) is 0 Å². The fourth-order valence-corrected chi connectivity index (χ4v) is 3.74. The fourth-order valence-electron chi connectivity index (χ4n) is 3.74. The number of nitrogens with one attached hydrogen (secondary N) is 1. The van der Waals surface area contributed by atoms with Crippen LogP contribution >= 0.6 is 0 Å². The van der Waals surface area contributed by atoms with Gasteiger partial charge < -0.3 is 19.7 Å². The van der Waals surface area contributed by atoms with E-state index in [9.17, 15) is 4.79 Å². The summed E-state index contributed by atoms with van der Waals surface area (Å²) in [6, 6.07) is 16.0. The molecule has 2 aromatic rings. The number of benzene rings is 2. The molecule has 2 heterocycles. The van der Waals surface area contributed by atoms with Crippen molar-refractivity contribution in [3.05, 3.63) is 59.7 Å². The first-order valence-electron chi connectivity index (χ1n) is 9.71. The Hall–Kier alpha value is -2.53. The van der Waals surface area contributed by atoms with Gasteiger partial charge in [-0.05, 0) is 48.6 Å². The first kappa shape index (κ1) is 17.9. The predicted octanol–water partition coefficient (Wildman–Crippen LogP) is 2.89. The van der Waals surface area contributed by atoms with Gasteiger partial charge in [0.2, 0.25) is 0 Å². The van der Waals surface area contributed by atoms with Gasteiger partial charge in [0.05, 0.1) is 19.8 Å². The summed E-state index contributed by atoms with van der Waals surface area (Å²) in [5, 5.41) is 3.12. The van der Waals surface area contributed by atoms with Crippen molar-refractivity contribution in [2.24, 2.45) is 5.92 Å². The summed E-state index contributed by atoms with van der Waals surface area (Å²) in [5.41, 5.74) is 3.02. The molecule has 5 heteroatoms. The molecule has 1 fully saturated rings. The number of ether oxygens (including phenoxy) is 2. The van der Waals surface area contributed by atoms with Crippen molar-refractivity contribution in [2.75, 3.05) is 44.4 Å². The molecule has 0 bridgehead atoms. The van der Waals surface area contributed by atoms with E-state index in [0.29, 0.717) is 24.6 Å². The highest BCUT2D eigenvalue weighted by Crippen LogP contribution is 2.26. The summed E-state index contributed by atoms with van der Waals surface area (Å²) in [6.07, 6.45) is 1.88. The zero-order valence-corrected chi connectivity index (χ0v) is 15.5. The maximum Gasteiger partial charge on any atom is 0.251 e. The van der Waals surface area contributed by atoms with E-state index in [0.717, 1.165) is 50.6 Å². The Kier molecular flexibility index (Phi) is 5.58. The Morgan fingerprint density at radius 2 is 1.93 bits per heavy atom. The van der Waals surface area contributed by atoms with Crippen LogP contribution in [0, 0.1) is 5.92 Å². The number of carbonyl (C=O) groups is 1. The SMILES string of the molecule is O=C(NCC1CCOc2ccccc2C1)c1cccc(N2CCOCC2)c1. The molecule has 1 saturated heterocycles. The molecule has 2 aliphatic heterocycles. The molecule has 0 radical (unpaired) electrons. The molecule has 1 atom stereocenters. The standard InChI is InChI=1S/C22H26N2O3/c25-22(19-5-3-6-20(15-19)24-9-12-26-13-10-24)23-16-17-8-11-27-21-7-2-1-4-18(21)14-17/h1-7,15,17H,8-14,16H2,(H,23,25). The molecule has 2 aliphatic rings. The van der Waals surface area contributed by atoms with Crippen LogP contribution in [0.5, 0.6) is 5.75 Å². The summed E-state index contributed by atoms with van der Waals surface area (Å²) in [5.74, 6) is 1.35. The topological polar surface area (TPSA) is 50.8 Å². The Balaban J connectivity index is 1.37. The molecular formula is C22H26N2O3. The highest BCUT2D eigenvalue weighted by molar-refractivity contribution is 5.95. The van der Waals surface area contributed by atoms with Crippen LogP contribution in [0.2, 0.25) is 0 Å². The van der Waals surface area contributed by atoms with Gasteiger partial charge in [-0.3, -0.25) is 4.79 Å². The van der Waals surface area contributed by atoms with Crippen molar-refractivity contribution in [1.82, 2.24) is 5.32 Å². The summed E-state index contributed by atoms with van der Waals surface area (Å²) >= 11 is 0. The maximum absolute atomic E-state index is 12.7. The average Bonchev–Trinajstić information content (AvgIpc) is 2.94. The van der Waals surface area contributed by atoms with Gasteiger partial charge in [0.1, 0.15) is 5.75 Å². The predicted molar refractivity (Wildman–Crippen MR) is 106 cm³/mol. The first-order chi connectivity index (χ1) is 13.3. The largest absolute Gasteiger partial charge is 0.493 e. The zero-order chi connectivity index (χ0) is 18.5. The van der Waals surface area contributed by atoms with E-state index in [1.165, 1.54) is 5.56 Å². The van der Waals surface area contributed by atoms with E-state index in [4.69, 9.17) is 9.47 Å². The third kappa shape index (κ3) is 4.42. The fraction of sp³-hybridized carbons (Fsp3) is 0.409. The second kappa shape index (κ2) is 8.44. The van der Waals surface area contributed by atoms with E-state index >= 15 is 0 Å². The van der Waals surface area contributed by atoms with Crippen LogP contribution in [0.3, 0.4) is 0 Å². The average molecular weight is 366 g/mol. The summed E-state index contributed by atoms with van der Waals surface area (Å²) in [4.78, 5) is 14.9. The van der Waals surface area contributed by atoms with Gasteiger partial charge in [0, 0.05) is 30.9 Å². The molecule has 5 nitrogen and oxygen atoms in total. The Bertz CT molecular complexity index is 787. The van der Waals surface area contributed by atoms with Crippen LogP contribution in [0.15, 0.2) is 48.5 Å². The Morgan fingerprint density at radius 3 is 2.81 bits per heavy atom. The lowest BCUT2D eigenvalue weighted by atomic mass is 9.97. The zero-order valence-electron chi connectivity index (χ0n) is 15.5. The van der Waals surface area contributed by atoms with Crippen molar-refractivity contribution in [3.8, 4) is 5.75 Å². The quantitative estimate of drug-likeness (QED) is 0.904. The number of anilines is 1. The van der Waals surface area contributed by atoms with Crippen LogP contribution in [0.1, 0.15) is 22.3 Å². The van der Waals surface area contributed by atoms with Gasteiger partial charge in [0.25, 0.3) is 5.91 Å². The molecule has 0 saturated carbocycles. The number of hydrogen-bond donors (Lipinski definition) is 1. The van der Waals surface area contributed by atoms with Gasteiger partial charge in [-0.1, -0.05) is 24.3 Å². The number of morpholine rings is 1. The molecule has 27 heavy (non-hydrogen) atoms. The third-order valence-corrected chi connectivity index (χ3v) is 5.30. The minimum absolute atomic E-state index is 0.0106. The molecule has 0 spiro atoms. The molecule has 0 aromatic heterocycles. The minimum Gasteiger partial charge on any atom is -0.493 e. The number of carbonyl (C=O) groups excluding carboxylic acids is 1. The number of rotatable bonds is 4. The lowest BCUT2D eigenvalue weighted by molar-refractivity contribution is 0.0945. The second-order valence-corrected chi connectivity index (χ2v) is 7.17. The molecule has 0 aliphatic carbocycles. The van der Waals surface area contributed by atoms with Crippen LogP contribution in [0.4, 0.5) is 5.69 Å². The van der Waals surface area contributed by atoms with Crippen molar-refractivity contribution in [3.63, 3.8) is 0 Å². The first-order valence-corrected chi connectivity index (χ1v) is 9.71.